The highest BCUT2D eigenvalue weighted by Crippen LogP contribution is 2.31. The Morgan fingerprint density at radius 3 is 2.56 bits per heavy atom. The zero-order valence-corrected chi connectivity index (χ0v) is 11.4. The van der Waals surface area contributed by atoms with Crippen molar-refractivity contribution < 1.29 is 4.74 Å². The lowest BCUT2D eigenvalue weighted by Crippen LogP contribution is -1.98. The van der Waals surface area contributed by atoms with E-state index in [0.29, 0.717) is 11.7 Å². The van der Waals surface area contributed by atoms with Gasteiger partial charge in [-0.3, -0.25) is 0 Å². The molecule has 1 aromatic heterocycles. The van der Waals surface area contributed by atoms with Gasteiger partial charge in [-0.15, -0.1) is 10.2 Å². The first-order valence-corrected chi connectivity index (χ1v) is 6.16. The number of halogens is 2. The minimum absolute atomic E-state index is 0.00331. The van der Waals surface area contributed by atoms with Crippen molar-refractivity contribution in [3.63, 3.8) is 0 Å². The molecule has 0 saturated carbocycles. The van der Waals surface area contributed by atoms with E-state index < -0.39 is 0 Å². The highest BCUT2D eigenvalue weighted by molar-refractivity contribution is 6.31. The van der Waals surface area contributed by atoms with E-state index in [9.17, 15) is 0 Å². The SMILES string of the molecule is CC(C)c1ccccc1Oc1nc(Cl)nnc1Cl. The Morgan fingerprint density at radius 2 is 1.83 bits per heavy atom. The maximum absolute atomic E-state index is 5.86. The first-order chi connectivity index (χ1) is 8.58. The Morgan fingerprint density at radius 1 is 1.11 bits per heavy atom. The van der Waals surface area contributed by atoms with Gasteiger partial charge in [-0.25, -0.2) is 0 Å². The van der Waals surface area contributed by atoms with Gasteiger partial charge in [0.05, 0.1) is 0 Å². The molecule has 0 aliphatic carbocycles. The third-order valence-electron chi connectivity index (χ3n) is 2.34. The van der Waals surface area contributed by atoms with Crippen LogP contribution in [0.4, 0.5) is 0 Å². The van der Waals surface area contributed by atoms with Gasteiger partial charge in [-0.2, -0.15) is 4.98 Å². The summed E-state index contributed by atoms with van der Waals surface area (Å²) in [6, 6.07) is 7.67. The van der Waals surface area contributed by atoms with Gasteiger partial charge in [-0.1, -0.05) is 43.6 Å². The number of benzene rings is 1. The smallest absolute Gasteiger partial charge is 0.262 e. The van der Waals surface area contributed by atoms with Crippen molar-refractivity contribution in [1.82, 2.24) is 15.2 Å². The molecule has 0 aliphatic heterocycles. The van der Waals surface area contributed by atoms with Crippen molar-refractivity contribution in [3.05, 3.63) is 40.3 Å². The van der Waals surface area contributed by atoms with E-state index in [1.165, 1.54) is 0 Å². The van der Waals surface area contributed by atoms with Crippen LogP contribution in [-0.2, 0) is 0 Å². The predicted octanol–water partition coefficient (Wildman–Crippen LogP) is 4.09. The zero-order chi connectivity index (χ0) is 13.1. The van der Waals surface area contributed by atoms with Gasteiger partial charge in [0.15, 0.2) is 0 Å². The fraction of sp³-hybridized carbons (Fsp3) is 0.250. The Labute approximate surface area is 115 Å². The monoisotopic (exact) mass is 283 g/mol. The van der Waals surface area contributed by atoms with Crippen molar-refractivity contribution in [3.8, 4) is 11.6 Å². The highest BCUT2D eigenvalue weighted by Gasteiger charge is 2.12. The van der Waals surface area contributed by atoms with E-state index in [1.807, 2.05) is 24.3 Å². The second-order valence-corrected chi connectivity index (χ2v) is 4.67. The quantitative estimate of drug-likeness (QED) is 0.851. The van der Waals surface area contributed by atoms with Crippen LogP contribution < -0.4 is 4.74 Å². The van der Waals surface area contributed by atoms with Gasteiger partial charge in [0.2, 0.25) is 10.4 Å². The fourth-order valence-corrected chi connectivity index (χ4v) is 1.73. The molecule has 1 heterocycles. The molecule has 94 valence electrons. The van der Waals surface area contributed by atoms with Crippen LogP contribution in [0.25, 0.3) is 0 Å². The number of hydrogen-bond acceptors (Lipinski definition) is 4. The van der Waals surface area contributed by atoms with Crippen LogP contribution >= 0.6 is 23.2 Å². The molecule has 0 bridgehead atoms. The summed E-state index contributed by atoms with van der Waals surface area (Å²) in [6.07, 6.45) is 0. The number of ether oxygens (including phenoxy) is 1. The number of para-hydroxylation sites is 1. The summed E-state index contributed by atoms with van der Waals surface area (Å²) in [5, 5.41) is 7.25. The molecule has 1 aromatic carbocycles. The summed E-state index contributed by atoms with van der Waals surface area (Å²) >= 11 is 11.5. The Bertz CT molecular complexity index is 561. The lowest BCUT2D eigenvalue weighted by molar-refractivity contribution is 0.449. The van der Waals surface area contributed by atoms with Gasteiger partial charge >= 0.3 is 0 Å². The normalized spacial score (nSPS) is 10.7. The summed E-state index contributed by atoms with van der Waals surface area (Å²) < 4.78 is 5.65. The van der Waals surface area contributed by atoms with Crippen LogP contribution in [0.1, 0.15) is 25.3 Å². The van der Waals surface area contributed by atoms with E-state index in [0.717, 1.165) is 5.56 Å². The Kier molecular flexibility index (Phi) is 3.99. The molecule has 6 heteroatoms. The van der Waals surface area contributed by atoms with Crippen LogP contribution in [0, 0.1) is 0 Å². The maximum Gasteiger partial charge on any atom is 0.262 e. The molecular formula is C12H11Cl2N3O. The van der Waals surface area contributed by atoms with Gasteiger partial charge in [0.25, 0.3) is 5.88 Å². The maximum atomic E-state index is 5.86. The van der Waals surface area contributed by atoms with Crippen LogP contribution in [-0.4, -0.2) is 15.2 Å². The molecule has 0 fully saturated rings. The lowest BCUT2D eigenvalue weighted by Gasteiger charge is -2.12. The minimum Gasteiger partial charge on any atom is -0.436 e. The second kappa shape index (κ2) is 5.50. The highest BCUT2D eigenvalue weighted by atomic mass is 35.5. The molecule has 0 unspecified atom stereocenters. The fourth-order valence-electron chi connectivity index (χ4n) is 1.50. The molecule has 0 saturated heterocycles. The number of hydrogen-bond donors (Lipinski definition) is 0. The zero-order valence-electron chi connectivity index (χ0n) is 9.89. The van der Waals surface area contributed by atoms with Crippen molar-refractivity contribution in [2.45, 2.75) is 19.8 Å². The van der Waals surface area contributed by atoms with Gasteiger partial charge in [-0.05, 0) is 29.1 Å². The van der Waals surface area contributed by atoms with E-state index in [-0.39, 0.29) is 16.3 Å². The third kappa shape index (κ3) is 2.89. The van der Waals surface area contributed by atoms with Gasteiger partial charge < -0.3 is 4.74 Å². The van der Waals surface area contributed by atoms with Crippen LogP contribution in [0.3, 0.4) is 0 Å². The van der Waals surface area contributed by atoms with Gasteiger partial charge in [0, 0.05) is 0 Å². The Hall–Kier alpha value is -1.39. The average Bonchev–Trinajstić information content (AvgIpc) is 2.34. The number of nitrogens with zero attached hydrogens (tertiary/aromatic N) is 3. The summed E-state index contributed by atoms with van der Waals surface area (Å²) in [5.74, 6) is 1.17. The van der Waals surface area contributed by atoms with E-state index in [2.05, 4.69) is 29.0 Å². The van der Waals surface area contributed by atoms with Crippen molar-refractivity contribution >= 4 is 23.2 Å². The van der Waals surface area contributed by atoms with Crippen molar-refractivity contribution in [2.75, 3.05) is 0 Å². The molecule has 2 rings (SSSR count). The molecule has 0 N–H and O–H groups in total. The third-order valence-corrected chi connectivity index (χ3v) is 2.74. The summed E-state index contributed by atoms with van der Waals surface area (Å²) in [5.41, 5.74) is 1.06. The first-order valence-electron chi connectivity index (χ1n) is 5.40. The molecule has 0 amide bonds. The molecule has 0 spiro atoms. The van der Waals surface area contributed by atoms with E-state index >= 15 is 0 Å². The topological polar surface area (TPSA) is 47.9 Å². The summed E-state index contributed by atoms with van der Waals surface area (Å²) in [7, 11) is 0. The van der Waals surface area contributed by atoms with Crippen LogP contribution in [0.5, 0.6) is 11.6 Å². The average molecular weight is 284 g/mol. The Balaban J connectivity index is 2.37. The molecule has 0 aliphatic rings. The number of aromatic nitrogens is 3. The first kappa shape index (κ1) is 13.1. The predicted molar refractivity (Wildman–Crippen MR) is 70.5 cm³/mol. The second-order valence-electron chi connectivity index (χ2n) is 3.97. The number of rotatable bonds is 3. The van der Waals surface area contributed by atoms with Crippen molar-refractivity contribution in [2.24, 2.45) is 0 Å². The molecule has 4 nitrogen and oxygen atoms in total. The standard InChI is InChI=1S/C12H11Cl2N3O/c1-7(2)8-5-3-4-6-9(8)18-11-10(13)16-17-12(14)15-11/h3-7H,1-2H3. The van der Waals surface area contributed by atoms with Crippen LogP contribution in [0.15, 0.2) is 24.3 Å². The van der Waals surface area contributed by atoms with E-state index in [4.69, 9.17) is 27.9 Å². The molecule has 18 heavy (non-hydrogen) atoms. The lowest BCUT2D eigenvalue weighted by atomic mass is 10.0. The molecule has 2 aromatic rings. The summed E-state index contributed by atoms with van der Waals surface area (Å²) in [4.78, 5) is 3.91. The van der Waals surface area contributed by atoms with Gasteiger partial charge in [0.1, 0.15) is 5.75 Å². The van der Waals surface area contributed by atoms with Crippen molar-refractivity contribution in [1.29, 1.82) is 0 Å². The summed E-state index contributed by atoms with van der Waals surface area (Å²) in [6.45, 7) is 4.16. The van der Waals surface area contributed by atoms with E-state index in [1.54, 1.807) is 0 Å². The largest absolute Gasteiger partial charge is 0.436 e. The molecular weight excluding hydrogens is 273 g/mol. The minimum atomic E-state index is -0.00331. The molecule has 0 atom stereocenters. The molecule has 0 radical (unpaired) electrons. The van der Waals surface area contributed by atoms with Crippen LogP contribution in [0.2, 0.25) is 10.4 Å².